The van der Waals surface area contributed by atoms with E-state index in [0.717, 1.165) is 26.1 Å². The van der Waals surface area contributed by atoms with Gasteiger partial charge in [-0.3, -0.25) is 19.3 Å². The Hall–Kier alpha value is -1.97. The normalized spacial score (nSPS) is 29.7. The first-order valence-electron chi connectivity index (χ1n) is 12.3. The van der Waals surface area contributed by atoms with Crippen LogP contribution in [-0.2, 0) is 23.9 Å². The lowest BCUT2D eigenvalue weighted by atomic mass is 9.70. The fourth-order valence-corrected chi connectivity index (χ4v) is 5.27. The predicted molar refractivity (Wildman–Crippen MR) is 122 cm³/mol. The lowest BCUT2D eigenvalue weighted by Crippen LogP contribution is -2.49. The molecule has 0 aromatic heterocycles. The maximum atomic E-state index is 13.5. The first-order valence-corrected chi connectivity index (χ1v) is 12.3. The molecule has 5 atom stereocenters. The molecule has 9 heteroatoms. The van der Waals surface area contributed by atoms with Crippen LogP contribution in [0.3, 0.4) is 0 Å². The zero-order chi connectivity index (χ0) is 23.8. The van der Waals surface area contributed by atoms with Gasteiger partial charge in [-0.15, -0.1) is 0 Å². The minimum atomic E-state index is -0.637. The van der Waals surface area contributed by atoms with Gasteiger partial charge >= 0.3 is 5.97 Å². The van der Waals surface area contributed by atoms with Crippen molar-refractivity contribution in [1.82, 2.24) is 15.1 Å². The quantitative estimate of drug-likeness (QED) is 0.259. The Morgan fingerprint density at radius 3 is 2.64 bits per heavy atom. The summed E-state index contributed by atoms with van der Waals surface area (Å²) in [5.74, 6) is -2.35. The molecule has 33 heavy (non-hydrogen) atoms. The van der Waals surface area contributed by atoms with Crippen LogP contribution in [-0.4, -0.2) is 97.9 Å². The van der Waals surface area contributed by atoms with Crippen molar-refractivity contribution in [2.75, 3.05) is 59.2 Å². The molecule has 0 aromatic carbocycles. The van der Waals surface area contributed by atoms with Crippen molar-refractivity contribution in [3.63, 3.8) is 0 Å². The number of likely N-dealkylation sites (tertiary alicyclic amines) is 1. The van der Waals surface area contributed by atoms with Crippen LogP contribution in [0.5, 0.6) is 0 Å². The number of amides is 2. The number of aliphatic hydroxyl groups is 1. The van der Waals surface area contributed by atoms with Crippen molar-refractivity contribution >= 4 is 17.8 Å². The smallest absolute Gasteiger partial charge is 0.310 e. The number of carbonyl (C=O) groups is 3. The second kappa shape index (κ2) is 12.5. The summed E-state index contributed by atoms with van der Waals surface area (Å²) in [6.45, 7) is 8.82. The van der Waals surface area contributed by atoms with Crippen LogP contribution < -0.4 is 5.32 Å². The summed E-state index contributed by atoms with van der Waals surface area (Å²) in [6.07, 6.45) is 6.02. The Bertz CT molecular complexity index is 708. The third-order valence-corrected chi connectivity index (χ3v) is 6.99. The van der Waals surface area contributed by atoms with Gasteiger partial charge < -0.3 is 24.8 Å². The molecule has 186 valence electrons. The van der Waals surface area contributed by atoms with E-state index in [2.05, 4.69) is 10.2 Å². The second-order valence-electron chi connectivity index (χ2n) is 9.13. The van der Waals surface area contributed by atoms with E-state index < -0.39 is 17.9 Å². The number of allylic oxidation sites excluding steroid dienone is 1. The SMILES string of the molecule is CCOC(=O)[C@H]1[C@H]2C(=O)N(CCCCCO)[C@H](C(=O)NCCN3CCOCC3)[C@H]2C=C[C@H]1C. The number of aliphatic hydroxyl groups excluding tert-OH is 1. The zero-order valence-electron chi connectivity index (χ0n) is 19.9. The highest BCUT2D eigenvalue weighted by atomic mass is 16.5. The summed E-state index contributed by atoms with van der Waals surface area (Å²) in [5.41, 5.74) is 0. The van der Waals surface area contributed by atoms with Crippen LogP contribution in [0.4, 0.5) is 0 Å². The molecule has 0 radical (unpaired) electrons. The molecule has 9 nitrogen and oxygen atoms in total. The van der Waals surface area contributed by atoms with Crippen molar-refractivity contribution in [2.45, 2.75) is 39.2 Å². The van der Waals surface area contributed by atoms with Gasteiger partial charge in [0, 0.05) is 45.2 Å². The fraction of sp³-hybridized carbons (Fsp3) is 0.792. The van der Waals surface area contributed by atoms with E-state index in [1.54, 1.807) is 11.8 Å². The maximum absolute atomic E-state index is 13.5. The first-order chi connectivity index (χ1) is 16.0. The molecule has 0 bridgehead atoms. The maximum Gasteiger partial charge on any atom is 0.310 e. The monoisotopic (exact) mass is 465 g/mol. The Morgan fingerprint density at radius 2 is 1.94 bits per heavy atom. The molecule has 2 heterocycles. The van der Waals surface area contributed by atoms with Gasteiger partial charge in [-0.1, -0.05) is 19.1 Å². The van der Waals surface area contributed by atoms with E-state index in [9.17, 15) is 14.4 Å². The number of nitrogens with one attached hydrogen (secondary N) is 1. The number of rotatable bonds is 11. The lowest BCUT2D eigenvalue weighted by Gasteiger charge is -2.32. The summed E-state index contributed by atoms with van der Waals surface area (Å²) < 4.78 is 10.7. The summed E-state index contributed by atoms with van der Waals surface area (Å²) >= 11 is 0. The zero-order valence-corrected chi connectivity index (χ0v) is 19.9. The summed E-state index contributed by atoms with van der Waals surface area (Å²) in [7, 11) is 0. The third-order valence-electron chi connectivity index (χ3n) is 6.99. The topological polar surface area (TPSA) is 108 Å². The van der Waals surface area contributed by atoms with E-state index in [1.165, 1.54) is 0 Å². The molecule has 0 aromatic rings. The predicted octanol–water partition coefficient (Wildman–Crippen LogP) is 0.426. The van der Waals surface area contributed by atoms with Crippen molar-refractivity contribution < 1.29 is 29.0 Å². The van der Waals surface area contributed by atoms with Crippen LogP contribution >= 0.6 is 0 Å². The van der Waals surface area contributed by atoms with Gasteiger partial charge in [0.15, 0.2) is 0 Å². The molecule has 2 aliphatic heterocycles. The van der Waals surface area contributed by atoms with E-state index in [0.29, 0.717) is 39.1 Å². The van der Waals surface area contributed by atoms with Crippen LogP contribution in [0.15, 0.2) is 12.2 Å². The standard InChI is InChI=1S/C24H39N3O6/c1-3-33-24(31)19-17(2)7-8-18-20(19)23(30)27(10-5-4-6-14-28)21(18)22(29)25-9-11-26-12-15-32-16-13-26/h7-8,17-21,28H,3-6,9-16H2,1-2H3,(H,25,29)/t17-,18+,19-,20+,21+/m1/s1. The summed E-state index contributed by atoms with van der Waals surface area (Å²) in [5, 5.41) is 12.1. The number of hydrogen-bond donors (Lipinski definition) is 2. The Balaban J connectivity index is 1.73. The number of hydrogen-bond acceptors (Lipinski definition) is 7. The van der Waals surface area contributed by atoms with Crippen LogP contribution in [0.1, 0.15) is 33.1 Å². The first kappa shape index (κ1) is 25.6. The molecule has 2 N–H and O–H groups in total. The van der Waals surface area contributed by atoms with Gasteiger partial charge in [-0.05, 0) is 32.1 Å². The molecule has 3 aliphatic rings. The van der Waals surface area contributed by atoms with E-state index in [-0.39, 0.29) is 42.8 Å². The Kier molecular flexibility index (Phi) is 9.70. The van der Waals surface area contributed by atoms with Crippen LogP contribution in [0.2, 0.25) is 0 Å². The second-order valence-corrected chi connectivity index (χ2v) is 9.13. The van der Waals surface area contributed by atoms with Crippen molar-refractivity contribution in [3.8, 4) is 0 Å². The van der Waals surface area contributed by atoms with Crippen molar-refractivity contribution in [3.05, 3.63) is 12.2 Å². The Morgan fingerprint density at radius 1 is 1.18 bits per heavy atom. The third kappa shape index (κ3) is 6.13. The highest BCUT2D eigenvalue weighted by Gasteiger charge is 2.56. The molecular weight excluding hydrogens is 426 g/mol. The molecule has 0 unspecified atom stereocenters. The molecule has 0 spiro atoms. The van der Waals surface area contributed by atoms with Gasteiger partial charge in [-0.2, -0.15) is 0 Å². The minimum absolute atomic E-state index is 0.107. The van der Waals surface area contributed by atoms with Crippen LogP contribution in [0.25, 0.3) is 0 Å². The van der Waals surface area contributed by atoms with Crippen LogP contribution in [0, 0.1) is 23.7 Å². The number of fused-ring (bicyclic) bond motifs is 1. The van der Waals surface area contributed by atoms with E-state index in [4.69, 9.17) is 14.6 Å². The van der Waals surface area contributed by atoms with Crippen molar-refractivity contribution in [2.24, 2.45) is 23.7 Å². The van der Waals surface area contributed by atoms with Gasteiger partial charge in [0.05, 0.1) is 31.7 Å². The highest BCUT2D eigenvalue weighted by molar-refractivity contribution is 5.96. The van der Waals surface area contributed by atoms with E-state index >= 15 is 0 Å². The highest BCUT2D eigenvalue weighted by Crippen LogP contribution is 2.44. The molecule has 0 saturated carbocycles. The Labute approximate surface area is 196 Å². The number of nitrogens with zero attached hydrogens (tertiary/aromatic N) is 2. The van der Waals surface area contributed by atoms with Gasteiger partial charge in [0.1, 0.15) is 6.04 Å². The number of carbonyl (C=O) groups excluding carboxylic acids is 3. The van der Waals surface area contributed by atoms with Gasteiger partial charge in [0.25, 0.3) is 0 Å². The van der Waals surface area contributed by atoms with E-state index in [1.807, 2.05) is 19.1 Å². The largest absolute Gasteiger partial charge is 0.466 e. The molecule has 1 aliphatic carbocycles. The molecule has 2 fully saturated rings. The summed E-state index contributed by atoms with van der Waals surface area (Å²) in [4.78, 5) is 43.5. The lowest BCUT2D eigenvalue weighted by molar-refractivity contribution is -0.155. The minimum Gasteiger partial charge on any atom is -0.466 e. The molecular formula is C24H39N3O6. The fourth-order valence-electron chi connectivity index (χ4n) is 5.27. The number of unbranched alkanes of at least 4 members (excludes halogenated alkanes) is 2. The molecule has 3 rings (SSSR count). The van der Waals surface area contributed by atoms with Gasteiger partial charge in [-0.25, -0.2) is 0 Å². The van der Waals surface area contributed by atoms with Gasteiger partial charge in [0.2, 0.25) is 11.8 Å². The average molecular weight is 466 g/mol. The molecule has 2 amide bonds. The number of morpholine rings is 1. The number of ether oxygens (including phenoxy) is 2. The number of esters is 1. The molecule has 2 saturated heterocycles. The van der Waals surface area contributed by atoms with Crippen molar-refractivity contribution in [1.29, 1.82) is 0 Å². The summed E-state index contributed by atoms with van der Waals surface area (Å²) in [6, 6.07) is -0.637. The average Bonchev–Trinajstić information content (AvgIpc) is 3.09.